The van der Waals surface area contributed by atoms with Crippen molar-refractivity contribution in [2.24, 2.45) is 0 Å². The predicted molar refractivity (Wildman–Crippen MR) is 78.9 cm³/mol. The van der Waals surface area contributed by atoms with Crippen LogP contribution in [-0.2, 0) is 4.79 Å². The minimum absolute atomic E-state index is 0.0191. The topological polar surface area (TPSA) is 93.4 Å². The molecule has 21 heavy (non-hydrogen) atoms. The molecule has 1 rings (SSSR count). The molecule has 112 valence electrons. The fourth-order valence-electron chi connectivity index (χ4n) is 1.87. The predicted octanol–water partition coefficient (Wildman–Crippen LogP) is 2.67. The highest BCUT2D eigenvalue weighted by Crippen LogP contribution is 2.15. The second-order valence-corrected chi connectivity index (χ2v) is 4.87. The Hall–Kier alpha value is -2.55. The standard InChI is InChI=1S/C15H19N3O3/c1-11(2)18(9-5-8-14(19)20)15(21)17-13-7-4-3-6-12(13)10-16/h3-4,6-7,11H,5,8-9H2,1-2H3,(H,17,21)(H,19,20). The molecule has 2 N–H and O–H groups in total. The number of benzene rings is 1. The third-order valence-electron chi connectivity index (χ3n) is 2.96. The zero-order valence-electron chi connectivity index (χ0n) is 12.2. The summed E-state index contributed by atoms with van der Waals surface area (Å²) in [5.41, 5.74) is 0.842. The van der Waals surface area contributed by atoms with Gasteiger partial charge in [0, 0.05) is 19.0 Å². The Morgan fingerprint density at radius 2 is 2.05 bits per heavy atom. The molecule has 1 aromatic carbocycles. The van der Waals surface area contributed by atoms with Crippen LogP contribution in [0.1, 0.15) is 32.3 Å². The number of carboxylic acids is 1. The summed E-state index contributed by atoms with van der Waals surface area (Å²) in [6, 6.07) is 8.36. The van der Waals surface area contributed by atoms with Crippen LogP contribution in [0.15, 0.2) is 24.3 Å². The molecule has 0 radical (unpaired) electrons. The molecule has 0 fully saturated rings. The van der Waals surface area contributed by atoms with Gasteiger partial charge in [-0.2, -0.15) is 5.26 Å². The van der Waals surface area contributed by atoms with Crippen LogP contribution in [-0.4, -0.2) is 34.6 Å². The molecule has 1 aromatic rings. The normalized spacial score (nSPS) is 10.0. The third kappa shape index (κ3) is 5.15. The van der Waals surface area contributed by atoms with Crippen LogP contribution < -0.4 is 5.32 Å². The van der Waals surface area contributed by atoms with E-state index >= 15 is 0 Å². The van der Waals surface area contributed by atoms with Crippen molar-refractivity contribution in [1.29, 1.82) is 5.26 Å². The lowest BCUT2D eigenvalue weighted by Gasteiger charge is -2.27. The maximum absolute atomic E-state index is 12.3. The third-order valence-corrected chi connectivity index (χ3v) is 2.96. The van der Waals surface area contributed by atoms with Gasteiger partial charge in [0.2, 0.25) is 0 Å². The lowest BCUT2D eigenvalue weighted by molar-refractivity contribution is -0.137. The average molecular weight is 289 g/mol. The number of para-hydroxylation sites is 1. The summed E-state index contributed by atoms with van der Waals surface area (Å²) in [6.45, 7) is 4.07. The Morgan fingerprint density at radius 1 is 1.38 bits per heavy atom. The molecule has 0 spiro atoms. The van der Waals surface area contributed by atoms with E-state index < -0.39 is 5.97 Å². The number of urea groups is 1. The number of nitrogens with one attached hydrogen (secondary N) is 1. The number of carbonyl (C=O) groups is 2. The summed E-state index contributed by atoms with van der Waals surface area (Å²) in [4.78, 5) is 24.3. The second-order valence-electron chi connectivity index (χ2n) is 4.87. The summed E-state index contributed by atoms with van der Waals surface area (Å²) < 4.78 is 0. The SMILES string of the molecule is CC(C)N(CCCC(=O)O)C(=O)Nc1ccccc1C#N. The van der Waals surface area contributed by atoms with E-state index in [1.807, 2.05) is 19.9 Å². The highest BCUT2D eigenvalue weighted by Gasteiger charge is 2.18. The summed E-state index contributed by atoms with van der Waals surface area (Å²) in [5.74, 6) is -0.881. The van der Waals surface area contributed by atoms with Crippen LogP contribution in [0.3, 0.4) is 0 Å². The van der Waals surface area contributed by atoms with Crippen molar-refractivity contribution >= 4 is 17.7 Å². The van der Waals surface area contributed by atoms with Crippen molar-refractivity contribution in [3.05, 3.63) is 29.8 Å². The van der Waals surface area contributed by atoms with E-state index in [1.54, 1.807) is 29.2 Å². The van der Waals surface area contributed by atoms with E-state index in [4.69, 9.17) is 10.4 Å². The molecular weight excluding hydrogens is 270 g/mol. The summed E-state index contributed by atoms with van der Waals surface area (Å²) in [5, 5.41) is 20.4. The smallest absolute Gasteiger partial charge is 0.322 e. The molecule has 0 aromatic heterocycles. The number of nitriles is 1. The highest BCUT2D eigenvalue weighted by atomic mass is 16.4. The van der Waals surface area contributed by atoms with Gasteiger partial charge in [-0.1, -0.05) is 12.1 Å². The summed E-state index contributed by atoms with van der Waals surface area (Å²) in [6.07, 6.45) is 0.409. The first-order valence-corrected chi connectivity index (χ1v) is 6.74. The molecule has 0 aliphatic heterocycles. The fraction of sp³-hybridized carbons (Fsp3) is 0.400. The van der Waals surface area contributed by atoms with Crippen LogP contribution in [0.25, 0.3) is 0 Å². The fourth-order valence-corrected chi connectivity index (χ4v) is 1.87. The lowest BCUT2D eigenvalue weighted by Crippen LogP contribution is -2.41. The van der Waals surface area contributed by atoms with Gasteiger partial charge in [0.1, 0.15) is 6.07 Å². The van der Waals surface area contributed by atoms with Gasteiger partial charge in [-0.15, -0.1) is 0 Å². The van der Waals surface area contributed by atoms with E-state index in [-0.39, 0.29) is 18.5 Å². The number of anilines is 1. The summed E-state index contributed by atoms with van der Waals surface area (Å²) in [7, 11) is 0. The van der Waals surface area contributed by atoms with Gasteiger partial charge in [0.15, 0.2) is 0 Å². The molecule has 0 saturated heterocycles. The van der Waals surface area contributed by atoms with Gasteiger partial charge < -0.3 is 15.3 Å². The minimum Gasteiger partial charge on any atom is -0.481 e. The number of carbonyl (C=O) groups excluding carboxylic acids is 1. The van der Waals surface area contributed by atoms with Gasteiger partial charge in [0.05, 0.1) is 11.3 Å². The zero-order chi connectivity index (χ0) is 15.8. The van der Waals surface area contributed by atoms with Crippen molar-refractivity contribution in [1.82, 2.24) is 4.90 Å². The maximum atomic E-state index is 12.3. The molecule has 2 amide bonds. The number of carboxylic acid groups (broad SMARTS) is 1. The van der Waals surface area contributed by atoms with Crippen LogP contribution in [0.5, 0.6) is 0 Å². The van der Waals surface area contributed by atoms with Crippen molar-refractivity contribution in [3.8, 4) is 6.07 Å². The van der Waals surface area contributed by atoms with Gasteiger partial charge in [-0.25, -0.2) is 4.79 Å². The Labute approximate surface area is 124 Å². The van der Waals surface area contributed by atoms with Crippen molar-refractivity contribution in [3.63, 3.8) is 0 Å². The maximum Gasteiger partial charge on any atom is 0.322 e. The molecule has 0 bridgehead atoms. The number of nitrogens with zero attached hydrogens (tertiary/aromatic N) is 2. The molecule has 0 aliphatic carbocycles. The van der Waals surface area contributed by atoms with E-state index in [1.165, 1.54) is 0 Å². The molecular formula is C15H19N3O3. The molecule has 0 aliphatic rings. The Balaban J connectivity index is 2.73. The molecule has 0 saturated carbocycles. The number of hydrogen-bond donors (Lipinski definition) is 2. The number of rotatable bonds is 6. The van der Waals surface area contributed by atoms with Crippen molar-refractivity contribution in [2.75, 3.05) is 11.9 Å². The van der Waals surface area contributed by atoms with Crippen LogP contribution in [0.4, 0.5) is 10.5 Å². The molecule has 6 nitrogen and oxygen atoms in total. The van der Waals surface area contributed by atoms with Gasteiger partial charge in [-0.3, -0.25) is 4.79 Å². The van der Waals surface area contributed by atoms with Gasteiger partial charge in [0.25, 0.3) is 0 Å². The van der Waals surface area contributed by atoms with E-state index in [0.29, 0.717) is 24.2 Å². The highest BCUT2D eigenvalue weighted by molar-refractivity contribution is 5.91. The van der Waals surface area contributed by atoms with E-state index in [0.717, 1.165) is 0 Å². The first-order valence-electron chi connectivity index (χ1n) is 6.74. The summed E-state index contributed by atoms with van der Waals surface area (Å²) >= 11 is 0. The van der Waals surface area contributed by atoms with Crippen LogP contribution in [0, 0.1) is 11.3 Å². The Kier molecular flexibility index (Phi) is 6.21. The Bertz CT molecular complexity index is 549. The van der Waals surface area contributed by atoms with Crippen LogP contribution in [0.2, 0.25) is 0 Å². The number of aliphatic carboxylic acids is 1. The molecule has 0 heterocycles. The number of hydrogen-bond acceptors (Lipinski definition) is 3. The number of amides is 2. The molecule has 6 heteroatoms. The lowest BCUT2D eigenvalue weighted by atomic mass is 10.2. The first kappa shape index (κ1) is 16.5. The van der Waals surface area contributed by atoms with E-state index in [2.05, 4.69) is 5.32 Å². The zero-order valence-corrected chi connectivity index (χ0v) is 12.2. The first-order chi connectivity index (χ1) is 9.95. The monoisotopic (exact) mass is 289 g/mol. The van der Waals surface area contributed by atoms with Crippen molar-refractivity contribution in [2.45, 2.75) is 32.7 Å². The van der Waals surface area contributed by atoms with Crippen LogP contribution >= 0.6 is 0 Å². The average Bonchev–Trinajstić information content (AvgIpc) is 2.43. The quantitative estimate of drug-likeness (QED) is 0.841. The van der Waals surface area contributed by atoms with Gasteiger partial charge >= 0.3 is 12.0 Å². The van der Waals surface area contributed by atoms with Gasteiger partial charge in [-0.05, 0) is 32.4 Å². The Morgan fingerprint density at radius 3 is 2.62 bits per heavy atom. The van der Waals surface area contributed by atoms with Crippen molar-refractivity contribution < 1.29 is 14.7 Å². The largest absolute Gasteiger partial charge is 0.481 e. The molecule has 0 unspecified atom stereocenters. The second kappa shape index (κ2) is 7.90. The molecule has 0 atom stereocenters. The minimum atomic E-state index is -0.881. The van der Waals surface area contributed by atoms with E-state index in [9.17, 15) is 9.59 Å².